The van der Waals surface area contributed by atoms with Gasteiger partial charge in [0, 0.05) is 42.6 Å². The largest absolute Gasteiger partial charge is 0.351 e. The standard InChI is InChI=1S/C24H22FN3/c1-17-14-22-15-21(8-12-27(22)16-17)28-13-9-23(18-6-10-26-11-7-18)24(28)19-2-4-20(25)5-3-19/h2-13,16,21-22H,14-15H2,1H3/t21?,22-/m0/s1. The maximum absolute atomic E-state index is 13.6. The topological polar surface area (TPSA) is 21.1 Å². The third kappa shape index (κ3) is 2.95. The Kier molecular flexibility index (Phi) is 4.12. The van der Waals surface area contributed by atoms with Crippen LogP contribution in [0.15, 0.2) is 85.1 Å². The Hall–Kier alpha value is -3.14. The normalized spacial score (nSPS) is 20.9. The van der Waals surface area contributed by atoms with E-state index < -0.39 is 0 Å². The fourth-order valence-corrected chi connectivity index (χ4v) is 4.42. The second kappa shape index (κ2) is 6.79. The van der Waals surface area contributed by atoms with Crippen LogP contribution in [0.2, 0.25) is 0 Å². The molecule has 4 heterocycles. The van der Waals surface area contributed by atoms with Crippen LogP contribution in [-0.4, -0.2) is 20.5 Å². The number of hydrogen-bond acceptors (Lipinski definition) is 2. The molecule has 2 aliphatic rings. The van der Waals surface area contributed by atoms with Crippen molar-refractivity contribution in [2.24, 2.45) is 0 Å². The summed E-state index contributed by atoms with van der Waals surface area (Å²) < 4.78 is 15.9. The lowest BCUT2D eigenvalue weighted by atomic mass is 9.98. The van der Waals surface area contributed by atoms with Crippen molar-refractivity contribution in [3.05, 3.63) is 90.9 Å². The van der Waals surface area contributed by atoms with Gasteiger partial charge in [0.25, 0.3) is 0 Å². The Morgan fingerprint density at radius 1 is 1.00 bits per heavy atom. The number of aromatic nitrogens is 2. The maximum atomic E-state index is 13.6. The molecular weight excluding hydrogens is 349 g/mol. The molecule has 0 radical (unpaired) electrons. The van der Waals surface area contributed by atoms with Crippen LogP contribution in [0.25, 0.3) is 22.4 Å². The molecule has 0 saturated heterocycles. The summed E-state index contributed by atoms with van der Waals surface area (Å²) in [5.41, 5.74) is 5.84. The van der Waals surface area contributed by atoms with E-state index in [2.05, 4.69) is 52.1 Å². The smallest absolute Gasteiger partial charge is 0.123 e. The minimum atomic E-state index is -0.215. The molecule has 1 unspecified atom stereocenters. The third-order valence-corrected chi connectivity index (χ3v) is 5.72. The van der Waals surface area contributed by atoms with Crippen LogP contribution in [0.4, 0.5) is 4.39 Å². The molecule has 2 aliphatic heterocycles. The number of rotatable bonds is 3. The van der Waals surface area contributed by atoms with Crippen LogP contribution < -0.4 is 0 Å². The summed E-state index contributed by atoms with van der Waals surface area (Å²) in [6, 6.07) is 13.8. The lowest BCUT2D eigenvalue weighted by Crippen LogP contribution is -2.29. The van der Waals surface area contributed by atoms with Gasteiger partial charge in [-0.05, 0) is 79.4 Å². The Bertz CT molecular complexity index is 1050. The van der Waals surface area contributed by atoms with Crippen LogP contribution in [0.3, 0.4) is 0 Å². The van der Waals surface area contributed by atoms with Gasteiger partial charge in [-0.1, -0.05) is 5.57 Å². The summed E-state index contributed by atoms with van der Waals surface area (Å²) >= 11 is 0. The number of nitrogens with zero attached hydrogens (tertiary/aromatic N) is 3. The van der Waals surface area contributed by atoms with E-state index in [-0.39, 0.29) is 11.9 Å². The highest BCUT2D eigenvalue weighted by Crippen LogP contribution is 2.39. The Morgan fingerprint density at radius 3 is 2.57 bits per heavy atom. The molecule has 0 bridgehead atoms. The fraction of sp³-hybridized carbons (Fsp3) is 0.208. The zero-order chi connectivity index (χ0) is 19.1. The molecule has 0 spiro atoms. The maximum Gasteiger partial charge on any atom is 0.123 e. The summed E-state index contributed by atoms with van der Waals surface area (Å²) in [5.74, 6) is -0.215. The van der Waals surface area contributed by atoms with Crippen molar-refractivity contribution < 1.29 is 4.39 Å². The third-order valence-electron chi connectivity index (χ3n) is 5.72. The van der Waals surface area contributed by atoms with Gasteiger partial charge in [-0.2, -0.15) is 0 Å². The van der Waals surface area contributed by atoms with E-state index in [0.29, 0.717) is 6.04 Å². The lowest BCUT2D eigenvalue weighted by molar-refractivity contribution is 0.311. The van der Waals surface area contributed by atoms with E-state index >= 15 is 0 Å². The Balaban J connectivity index is 1.60. The van der Waals surface area contributed by atoms with Gasteiger partial charge in [0.05, 0.1) is 11.7 Å². The first-order chi connectivity index (χ1) is 13.7. The SMILES string of the molecule is CC1=CN2C=CC(n3ccc(-c4ccncc4)c3-c3ccc(F)cc3)C[C@@H]2C1. The van der Waals surface area contributed by atoms with Crippen molar-refractivity contribution in [2.45, 2.75) is 31.8 Å². The van der Waals surface area contributed by atoms with Crippen LogP contribution in [0.1, 0.15) is 25.8 Å². The molecule has 0 aliphatic carbocycles. The summed E-state index contributed by atoms with van der Waals surface area (Å²) in [6.07, 6.45) is 14.7. The molecule has 0 amide bonds. The monoisotopic (exact) mass is 371 g/mol. The average Bonchev–Trinajstić information content (AvgIpc) is 3.31. The second-order valence-electron chi connectivity index (χ2n) is 7.65. The molecule has 4 heteroatoms. The quantitative estimate of drug-likeness (QED) is 0.581. The zero-order valence-corrected chi connectivity index (χ0v) is 15.8. The van der Waals surface area contributed by atoms with Gasteiger partial charge >= 0.3 is 0 Å². The van der Waals surface area contributed by atoms with E-state index in [4.69, 9.17) is 0 Å². The summed E-state index contributed by atoms with van der Waals surface area (Å²) in [5, 5.41) is 0. The molecule has 140 valence electrons. The van der Waals surface area contributed by atoms with Crippen molar-refractivity contribution in [2.75, 3.05) is 0 Å². The predicted molar refractivity (Wildman–Crippen MR) is 110 cm³/mol. The first-order valence-electron chi connectivity index (χ1n) is 9.69. The van der Waals surface area contributed by atoms with Gasteiger partial charge in [-0.15, -0.1) is 0 Å². The Labute approximate surface area is 164 Å². The van der Waals surface area contributed by atoms with Crippen molar-refractivity contribution in [3.63, 3.8) is 0 Å². The molecule has 0 fully saturated rings. The molecule has 1 aromatic carbocycles. The number of hydrogen-bond donors (Lipinski definition) is 0. The van der Waals surface area contributed by atoms with E-state index in [0.717, 1.165) is 35.2 Å². The van der Waals surface area contributed by atoms with E-state index in [1.807, 2.05) is 36.7 Å². The highest BCUT2D eigenvalue weighted by molar-refractivity contribution is 5.81. The first-order valence-corrected chi connectivity index (χ1v) is 9.69. The summed E-state index contributed by atoms with van der Waals surface area (Å²) in [7, 11) is 0. The van der Waals surface area contributed by atoms with Crippen LogP contribution in [-0.2, 0) is 0 Å². The molecule has 3 aromatic rings. The molecular formula is C24H22FN3. The first kappa shape index (κ1) is 17.0. The van der Waals surface area contributed by atoms with Crippen LogP contribution >= 0.6 is 0 Å². The average molecular weight is 371 g/mol. The lowest BCUT2D eigenvalue weighted by Gasteiger charge is -2.32. The van der Waals surface area contributed by atoms with Crippen molar-refractivity contribution >= 4 is 0 Å². The van der Waals surface area contributed by atoms with Gasteiger partial charge in [-0.25, -0.2) is 4.39 Å². The second-order valence-corrected chi connectivity index (χ2v) is 7.65. The molecule has 0 N–H and O–H groups in total. The van der Waals surface area contributed by atoms with E-state index in [1.165, 1.54) is 17.7 Å². The molecule has 0 saturated carbocycles. The summed E-state index contributed by atoms with van der Waals surface area (Å²) in [6.45, 7) is 2.20. The molecule has 5 rings (SSSR count). The number of benzene rings is 1. The van der Waals surface area contributed by atoms with Gasteiger partial charge in [0.2, 0.25) is 0 Å². The molecule has 2 aromatic heterocycles. The number of allylic oxidation sites excluding steroid dienone is 1. The predicted octanol–water partition coefficient (Wildman–Crippen LogP) is 5.79. The van der Waals surface area contributed by atoms with Crippen molar-refractivity contribution in [1.29, 1.82) is 0 Å². The highest BCUT2D eigenvalue weighted by atomic mass is 19.1. The van der Waals surface area contributed by atoms with Gasteiger partial charge in [-0.3, -0.25) is 4.98 Å². The van der Waals surface area contributed by atoms with Crippen molar-refractivity contribution in [1.82, 2.24) is 14.5 Å². The van der Waals surface area contributed by atoms with Gasteiger partial charge in [0.1, 0.15) is 5.82 Å². The number of fused-ring (bicyclic) bond motifs is 1. The van der Waals surface area contributed by atoms with Crippen LogP contribution in [0, 0.1) is 5.82 Å². The minimum absolute atomic E-state index is 0.215. The van der Waals surface area contributed by atoms with Gasteiger partial charge in [0.15, 0.2) is 0 Å². The Morgan fingerprint density at radius 2 is 1.79 bits per heavy atom. The zero-order valence-electron chi connectivity index (χ0n) is 15.8. The minimum Gasteiger partial charge on any atom is -0.351 e. The van der Waals surface area contributed by atoms with Crippen molar-refractivity contribution in [3.8, 4) is 22.4 Å². The number of halogens is 1. The molecule has 3 nitrogen and oxygen atoms in total. The number of pyridine rings is 1. The van der Waals surface area contributed by atoms with E-state index in [1.54, 1.807) is 0 Å². The summed E-state index contributed by atoms with van der Waals surface area (Å²) in [4.78, 5) is 6.48. The molecule has 2 atom stereocenters. The van der Waals surface area contributed by atoms with Crippen LogP contribution in [0.5, 0.6) is 0 Å². The van der Waals surface area contributed by atoms with E-state index in [9.17, 15) is 4.39 Å². The molecule has 28 heavy (non-hydrogen) atoms. The fourth-order valence-electron chi connectivity index (χ4n) is 4.42. The van der Waals surface area contributed by atoms with Gasteiger partial charge < -0.3 is 9.47 Å². The highest BCUT2D eigenvalue weighted by Gasteiger charge is 2.29.